The smallest absolute Gasteiger partial charge is 0.331 e. The van der Waals surface area contributed by atoms with Crippen LogP contribution in [0.4, 0.5) is 0 Å². The molecule has 2 rings (SSSR count). The lowest BCUT2D eigenvalue weighted by Gasteiger charge is -2.14. The van der Waals surface area contributed by atoms with E-state index in [1.54, 1.807) is 38.1 Å². The van der Waals surface area contributed by atoms with E-state index in [1.807, 2.05) is 0 Å². The Morgan fingerprint density at radius 1 is 1.24 bits per heavy atom. The van der Waals surface area contributed by atoms with E-state index in [1.165, 1.54) is 12.2 Å². The van der Waals surface area contributed by atoms with Crippen molar-refractivity contribution in [1.82, 2.24) is 0 Å². The molecule has 1 aliphatic carbocycles. The third-order valence-electron chi connectivity index (χ3n) is 2.80. The number of ketones is 2. The first kappa shape index (κ1) is 15.3. The summed E-state index contributed by atoms with van der Waals surface area (Å²) >= 11 is 1.10. The molecule has 0 saturated heterocycles. The molecular weight excluding hydrogens is 288 g/mol. The molecule has 1 aliphatic rings. The summed E-state index contributed by atoms with van der Waals surface area (Å²) in [7, 11) is 0. The minimum absolute atomic E-state index is 0.198. The second kappa shape index (κ2) is 6.54. The zero-order valence-electron chi connectivity index (χ0n) is 11.7. The van der Waals surface area contributed by atoms with Gasteiger partial charge in [-0.2, -0.15) is 0 Å². The first-order valence-corrected chi connectivity index (χ1v) is 7.27. The maximum Gasteiger partial charge on any atom is 0.331 e. The molecule has 0 saturated carbocycles. The van der Waals surface area contributed by atoms with Gasteiger partial charge in [0.25, 0.3) is 0 Å². The van der Waals surface area contributed by atoms with Crippen LogP contribution in [0.5, 0.6) is 0 Å². The molecular formula is C16H14O4S. The number of ether oxygens (including phenoxy) is 1. The SMILES string of the molecule is CCOC(=O)/C=C(\C)SC1=CC(=O)c2ccccc2C1=O. The lowest BCUT2D eigenvalue weighted by Crippen LogP contribution is -2.15. The van der Waals surface area contributed by atoms with Crippen molar-refractivity contribution >= 4 is 29.3 Å². The number of hydrogen-bond acceptors (Lipinski definition) is 5. The number of carbonyl (C=O) groups is 3. The zero-order valence-corrected chi connectivity index (χ0v) is 12.5. The standard InChI is InChI=1S/C16H14O4S/c1-3-20-15(18)8-10(2)21-14-9-13(17)11-6-4-5-7-12(11)16(14)19/h4-9H,3H2,1-2H3/b10-8+. The van der Waals surface area contributed by atoms with Crippen molar-refractivity contribution in [2.75, 3.05) is 6.61 Å². The number of thioether (sulfide) groups is 1. The fraction of sp³-hybridized carbons (Fsp3) is 0.188. The number of carbonyl (C=O) groups excluding carboxylic acids is 3. The van der Waals surface area contributed by atoms with Crippen LogP contribution in [-0.2, 0) is 9.53 Å². The van der Waals surface area contributed by atoms with Crippen molar-refractivity contribution in [2.45, 2.75) is 13.8 Å². The minimum Gasteiger partial charge on any atom is -0.463 e. The summed E-state index contributed by atoms with van der Waals surface area (Å²) in [6.07, 6.45) is 2.63. The number of rotatable bonds is 4. The predicted octanol–water partition coefficient (Wildman–Crippen LogP) is 3.15. The highest BCUT2D eigenvalue weighted by atomic mass is 32.2. The maximum absolute atomic E-state index is 12.3. The number of hydrogen-bond donors (Lipinski definition) is 0. The Hall–Kier alpha value is -2.14. The lowest BCUT2D eigenvalue weighted by molar-refractivity contribution is -0.137. The van der Waals surface area contributed by atoms with Gasteiger partial charge in [0.15, 0.2) is 5.78 Å². The summed E-state index contributed by atoms with van der Waals surface area (Å²) in [6.45, 7) is 3.71. The summed E-state index contributed by atoms with van der Waals surface area (Å²) in [5, 5.41) is 0. The quantitative estimate of drug-likeness (QED) is 0.631. The minimum atomic E-state index is -0.460. The number of benzene rings is 1. The van der Waals surface area contributed by atoms with E-state index in [-0.39, 0.29) is 11.6 Å². The zero-order chi connectivity index (χ0) is 15.4. The van der Waals surface area contributed by atoms with Crippen molar-refractivity contribution in [2.24, 2.45) is 0 Å². The molecule has 0 amide bonds. The van der Waals surface area contributed by atoms with Gasteiger partial charge in [-0.25, -0.2) is 4.79 Å². The monoisotopic (exact) mass is 302 g/mol. The van der Waals surface area contributed by atoms with Crippen LogP contribution >= 0.6 is 11.8 Å². The molecule has 0 bridgehead atoms. The van der Waals surface area contributed by atoms with Crippen LogP contribution in [0.25, 0.3) is 0 Å². The van der Waals surface area contributed by atoms with Gasteiger partial charge in [0.1, 0.15) is 0 Å². The van der Waals surface area contributed by atoms with Gasteiger partial charge >= 0.3 is 5.97 Å². The Bertz CT molecular complexity index is 671. The molecule has 0 heterocycles. The highest BCUT2D eigenvalue weighted by Gasteiger charge is 2.25. The van der Waals surface area contributed by atoms with Crippen LogP contribution in [0.1, 0.15) is 34.6 Å². The third kappa shape index (κ3) is 3.49. The molecule has 0 aromatic heterocycles. The van der Waals surface area contributed by atoms with Crippen molar-refractivity contribution in [3.05, 3.63) is 57.4 Å². The van der Waals surface area contributed by atoms with Crippen molar-refractivity contribution < 1.29 is 19.1 Å². The Morgan fingerprint density at radius 3 is 2.57 bits per heavy atom. The molecule has 0 radical (unpaired) electrons. The molecule has 0 atom stereocenters. The molecule has 108 valence electrons. The number of esters is 1. The van der Waals surface area contributed by atoms with Gasteiger partial charge < -0.3 is 4.74 Å². The molecule has 5 heteroatoms. The van der Waals surface area contributed by atoms with Crippen LogP contribution in [-0.4, -0.2) is 24.1 Å². The van der Waals surface area contributed by atoms with E-state index in [0.29, 0.717) is 27.5 Å². The molecule has 1 aromatic rings. The molecule has 0 N–H and O–H groups in total. The molecule has 0 aliphatic heterocycles. The summed E-state index contributed by atoms with van der Waals surface area (Å²) < 4.78 is 4.81. The lowest BCUT2D eigenvalue weighted by atomic mass is 9.95. The van der Waals surface area contributed by atoms with Gasteiger partial charge in [-0.15, -0.1) is 0 Å². The maximum atomic E-state index is 12.3. The molecule has 21 heavy (non-hydrogen) atoms. The van der Waals surface area contributed by atoms with Crippen molar-refractivity contribution in [1.29, 1.82) is 0 Å². The van der Waals surface area contributed by atoms with E-state index in [0.717, 1.165) is 11.8 Å². The number of allylic oxidation sites excluding steroid dienone is 3. The third-order valence-corrected chi connectivity index (χ3v) is 3.76. The van der Waals surface area contributed by atoms with E-state index < -0.39 is 5.97 Å². The Labute approximate surface area is 126 Å². The van der Waals surface area contributed by atoms with Gasteiger partial charge in [0.2, 0.25) is 5.78 Å². The molecule has 4 nitrogen and oxygen atoms in total. The van der Waals surface area contributed by atoms with Crippen LogP contribution in [0, 0.1) is 0 Å². The van der Waals surface area contributed by atoms with Gasteiger partial charge in [0, 0.05) is 23.3 Å². The fourth-order valence-corrected chi connectivity index (χ4v) is 2.79. The molecule has 0 fully saturated rings. The van der Waals surface area contributed by atoms with Gasteiger partial charge in [-0.05, 0) is 18.8 Å². The summed E-state index contributed by atoms with van der Waals surface area (Å²) in [4.78, 5) is 36.6. The summed E-state index contributed by atoms with van der Waals surface area (Å²) in [5.74, 6) is -0.860. The van der Waals surface area contributed by atoms with Gasteiger partial charge in [-0.1, -0.05) is 36.0 Å². The Balaban J connectivity index is 2.21. The number of fused-ring (bicyclic) bond motifs is 1. The number of Topliss-reactive ketones (excluding diaryl/α,β-unsaturated/α-hetero) is 1. The Morgan fingerprint density at radius 2 is 1.90 bits per heavy atom. The van der Waals surface area contributed by atoms with E-state index in [4.69, 9.17) is 4.74 Å². The average Bonchev–Trinajstić information content (AvgIpc) is 2.44. The normalized spacial score (nSPS) is 14.6. The summed E-state index contributed by atoms with van der Waals surface area (Å²) in [6, 6.07) is 6.71. The van der Waals surface area contributed by atoms with Crippen LogP contribution < -0.4 is 0 Å². The first-order valence-electron chi connectivity index (χ1n) is 6.45. The van der Waals surface area contributed by atoms with E-state index in [9.17, 15) is 14.4 Å². The van der Waals surface area contributed by atoms with E-state index >= 15 is 0 Å². The van der Waals surface area contributed by atoms with Crippen LogP contribution in [0.2, 0.25) is 0 Å². The fourth-order valence-electron chi connectivity index (χ4n) is 1.92. The highest BCUT2D eigenvalue weighted by Crippen LogP contribution is 2.32. The largest absolute Gasteiger partial charge is 0.463 e. The van der Waals surface area contributed by atoms with Gasteiger partial charge in [0.05, 0.1) is 11.5 Å². The second-order valence-electron chi connectivity index (χ2n) is 4.36. The van der Waals surface area contributed by atoms with Crippen LogP contribution in [0.3, 0.4) is 0 Å². The van der Waals surface area contributed by atoms with Crippen LogP contribution in [0.15, 0.2) is 46.2 Å². The molecule has 1 aromatic carbocycles. The highest BCUT2D eigenvalue weighted by molar-refractivity contribution is 8.07. The second-order valence-corrected chi connectivity index (χ2v) is 5.64. The van der Waals surface area contributed by atoms with Crippen molar-refractivity contribution in [3.8, 4) is 0 Å². The molecule has 0 unspecified atom stereocenters. The van der Waals surface area contributed by atoms with Gasteiger partial charge in [-0.3, -0.25) is 9.59 Å². The average molecular weight is 302 g/mol. The summed E-state index contributed by atoms with van der Waals surface area (Å²) in [5.41, 5.74) is 0.815. The Kier molecular flexibility index (Phi) is 4.75. The molecule has 0 spiro atoms. The van der Waals surface area contributed by atoms with E-state index in [2.05, 4.69) is 0 Å². The predicted molar refractivity (Wildman–Crippen MR) is 81.2 cm³/mol. The topological polar surface area (TPSA) is 60.4 Å². The van der Waals surface area contributed by atoms with Crippen molar-refractivity contribution in [3.63, 3.8) is 0 Å². The first-order chi connectivity index (χ1) is 10.0.